The number of aromatic nitrogens is 1. The maximum Gasteiger partial charge on any atom is 1.00 e. The molecule has 0 bridgehead atoms. The summed E-state index contributed by atoms with van der Waals surface area (Å²) in [4.78, 5) is 3.84. The predicted molar refractivity (Wildman–Crippen MR) is 288 cm³/mol. The minimum Gasteiger partial charge on any atom is -0.150 e. The maximum absolute atomic E-state index is 7.50. The second kappa shape index (κ2) is 49.6. The van der Waals surface area contributed by atoms with Gasteiger partial charge >= 0.3 is 107 Å². The monoisotopic (exact) mass is 1180 g/mol. The molecule has 0 atom stereocenters. The fraction of sp³-hybridized carbons (Fsp3) is 0.0161. The standard InChI is InChI=1S/2C18H15P.C14H11.C6H7N2.6CO.2Ru/c2*1-4-10-16(11-5-1)19(17-12-6-2-7-13-17)18-14-8-3-9-15-18;1-3-7-13(8-4-1)11-12-14-9-5-2-6-10-14;1-5-3-2-4-6(7)8-5;6*1-2;;/h2*1-15H;1-11H;2-4H,1H3,(H-,7,8);;;;;;;;/q;;2*-1;;;;;;;2*+1/p+1. The summed E-state index contributed by atoms with van der Waals surface area (Å²) in [6, 6.07) is 90.5. The zero-order chi connectivity index (χ0) is 53.5. The number of hydrogen-bond acceptors (Lipinski definition) is 1. The normalized spacial score (nSPS) is 8.58. The molecule has 0 amide bonds. The Hall–Kier alpha value is -7.00. The van der Waals surface area contributed by atoms with Crippen LogP contribution in [0.25, 0.3) is 11.8 Å². The Morgan fingerprint density at radius 1 is 0.378 bits per heavy atom. The summed E-state index contributed by atoms with van der Waals surface area (Å²) in [6.07, 6.45) is 5.23. The van der Waals surface area contributed by atoms with Crippen LogP contribution in [0.1, 0.15) is 16.8 Å². The number of rotatable bonds is 8. The average molecular weight is 1180 g/mol. The summed E-state index contributed by atoms with van der Waals surface area (Å²) in [7, 11) is -1.32. The Balaban J connectivity index is -0.000000865. The van der Waals surface area contributed by atoms with Gasteiger partial charge in [-0.3, -0.25) is 0 Å². The summed E-state index contributed by atoms with van der Waals surface area (Å²) in [5.41, 5.74) is 10.2. The van der Waals surface area contributed by atoms with Crippen LogP contribution in [-0.2, 0) is 66.9 Å². The molecule has 9 aromatic rings. The molecule has 2 radical (unpaired) electrons. The predicted octanol–water partition coefficient (Wildman–Crippen LogP) is 12.0. The van der Waals surface area contributed by atoms with Gasteiger partial charge in [0.05, 0.1) is 7.92 Å². The molecule has 1 heterocycles. The largest absolute Gasteiger partial charge is 1.00 e. The van der Waals surface area contributed by atoms with E-state index in [0.29, 0.717) is 5.82 Å². The third kappa shape index (κ3) is 28.9. The SMILES string of the molecule is Cc1cccc([NH-])n1.[C-]#[O+].[C-]#[O+].[C-]#[O+].[C-]#[O+].[C-]#[O+].[C-]#[O+].[C-](=Cc1ccccc1)c1ccccc1.[Ru+].[Ru+].c1ccc(P(c2ccccc2)c2ccccc2)cc1.c1ccc([PH+](c2ccccc2)c2ccccc2)cc1. The average Bonchev–Trinajstić information content (AvgIpc) is 3.48. The maximum atomic E-state index is 7.50. The van der Waals surface area contributed by atoms with Gasteiger partial charge in [0, 0.05) is 0 Å². The van der Waals surface area contributed by atoms with Gasteiger partial charge < -0.3 is 10.7 Å². The number of benzene rings is 8. The van der Waals surface area contributed by atoms with Crippen molar-refractivity contribution in [2.24, 2.45) is 0 Å². The Labute approximate surface area is 464 Å². The molecule has 1 N–H and O–H groups in total. The third-order valence-corrected chi connectivity index (χ3v) is 14.3. The summed E-state index contributed by atoms with van der Waals surface area (Å²) in [6.45, 7) is 28.9. The van der Waals surface area contributed by atoms with Gasteiger partial charge in [0.2, 0.25) is 0 Å². The molecule has 368 valence electrons. The number of pyridine rings is 1. The molecular weight excluding hydrogens is 1130 g/mol. The van der Waals surface area contributed by atoms with E-state index in [1.807, 2.05) is 73.7 Å². The Morgan fingerprint density at radius 3 is 0.919 bits per heavy atom. The van der Waals surface area contributed by atoms with Crippen molar-refractivity contribution in [1.82, 2.24) is 4.98 Å². The van der Waals surface area contributed by atoms with Crippen LogP contribution < -0.4 is 31.8 Å². The summed E-state index contributed by atoms with van der Waals surface area (Å²) in [5.74, 6) is 0.338. The van der Waals surface area contributed by atoms with E-state index < -0.39 is 15.8 Å². The zero-order valence-electron chi connectivity index (χ0n) is 40.0. The second-order valence-corrected chi connectivity index (χ2v) is 18.2. The van der Waals surface area contributed by atoms with Crippen LogP contribution in [0.5, 0.6) is 0 Å². The molecule has 8 aromatic carbocycles. The van der Waals surface area contributed by atoms with Crippen LogP contribution in [0.4, 0.5) is 5.82 Å². The van der Waals surface area contributed by atoms with E-state index >= 15 is 0 Å². The van der Waals surface area contributed by atoms with E-state index in [1.54, 1.807) is 6.07 Å². The molecule has 0 aliphatic rings. The van der Waals surface area contributed by atoms with Gasteiger partial charge in [0.1, 0.15) is 15.9 Å². The summed E-state index contributed by atoms with van der Waals surface area (Å²) >= 11 is 0. The molecule has 0 saturated heterocycles. The van der Waals surface area contributed by atoms with Crippen LogP contribution in [0.2, 0.25) is 0 Å². The van der Waals surface area contributed by atoms with Crippen molar-refractivity contribution in [3.63, 3.8) is 0 Å². The molecule has 74 heavy (non-hydrogen) atoms. The van der Waals surface area contributed by atoms with Gasteiger partial charge in [-0.05, 0) is 67.2 Å². The van der Waals surface area contributed by atoms with Crippen LogP contribution in [0.3, 0.4) is 0 Å². The molecule has 0 fully saturated rings. The van der Waals surface area contributed by atoms with E-state index in [9.17, 15) is 0 Å². The van der Waals surface area contributed by atoms with Crippen molar-refractivity contribution < 1.29 is 66.9 Å². The molecular formula is C62H49N2O6P2Ru2+. The smallest absolute Gasteiger partial charge is 0.150 e. The van der Waals surface area contributed by atoms with E-state index in [0.717, 1.165) is 11.3 Å². The molecule has 1 aromatic heterocycles. The Bertz CT molecular complexity index is 2450. The van der Waals surface area contributed by atoms with Crippen LogP contribution in [-0.4, -0.2) is 4.98 Å². The van der Waals surface area contributed by atoms with Gasteiger partial charge in [0.25, 0.3) is 0 Å². The number of nitrogens with one attached hydrogen (secondary N) is 1. The van der Waals surface area contributed by atoms with Crippen molar-refractivity contribution in [2.45, 2.75) is 6.92 Å². The minimum absolute atomic E-state index is 0. The van der Waals surface area contributed by atoms with E-state index in [2.05, 4.69) is 245 Å². The van der Waals surface area contributed by atoms with E-state index in [1.165, 1.54) is 37.4 Å². The van der Waals surface area contributed by atoms with Gasteiger partial charge in [-0.2, -0.15) is 0 Å². The van der Waals surface area contributed by atoms with Gasteiger partial charge in [-0.1, -0.05) is 217 Å². The van der Waals surface area contributed by atoms with Crippen LogP contribution in [0.15, 0.2) is 261 Å². The first-order valence-electron chi connectivity index (χ1n) is 21.2. The molecule has 12 heteroatoms. The Morgan fingerprint density at radius 2 is 0.649 bits per heavy atom. The number of hydrogen-bond donors (Lipinski definition) is 0. The Kier molecular flexibility index (Phi) is 47.7. The van der Waals surface area contributed by atoms with Crippen LogP contribution in [0, 0.1) is 52.9 Å². The van der Waals surface area contributed by atoms with Crippen molar-refractivity contribution in [1.29, 1.82) is 0 Å². The van der Waals surface area contributed by atoms with Crippen molar-refractivity contribution in [2.75, 3.05) is 0 Å². The van der Waals surface area contributed by atoms with Crippen molar-refractivity contribution in [3.05, 3.63) is 329 Å². The fourth-order valence-corrected chi connectivity index (χ4v) is 11.2. The second-order valence-electron chi connectivity index (χ2n) is 13.5. The minimum atomic E-state index is -0.877. The van der Waals surface area contributed by atoms with E-state index in [-0.39, 0.29) is 39.0 Å². The van der Waals surface area contributed by atoms with Gasteiger partial charge in [-0.25, -0.2) is 0 Å². The fourth-order valence-electron chi connectivity index (χ4n) is 6.29. The van der Waals surface area contributed by atoms with Crippen LogP contribution >= 0.6 is 15.8 Å². The molecule has 9 rings (SSSR count). The first kappa shape index (κ1) is 71.2. The number of nitrogens with zero attached hydrogens (tertiary/aromatic N) is 1. The van der Waals surface area contributed by atoms with E-state index in [4.69, 9.17) is 33.6 Å². The summed E-state index contributed by atoms with van der Waals surface area (Å²) in [5, 5.41) is 8.50. The molecule has 0 unspecified atom stereocenters. The molecule has 0 saturated carbocycles. The van der Waals surface area contributed by atoms with Crippen molar-refractivity contribution in [3.8, 4) is 0 Å². The molecule has 0 aliphatic heterocycles. The third-order valence-electron chi connectivity index (χ3n) is 9.10. The number of aryl methyl sites for hydroxylation is 1. The quantitative estimate of drug-likeness (QED) is 0.0480. The van der Waals surface area contributed by atoms with Gasteiger partial charge in [0.15, 0.2) is 0 Å². The topological polar surface area (TPSA) is 156 Å². The molecule has 0 aliphatic carbocycles. The van der Waals surface area contributed by atoms with Crippen molar-refractivity contribution >= 4 is 59.6 Å². The zero-order valence-corrected chi connectivity index (χ0v) is 45.3. The molecule has 0 spiro atoms. The summed E-state index contributed by atoms with van der Waals surface area (Å²) < 4.78 is 45.0. The van der Waals surface area contributed by atoms with Gasteiger partial charge in [-0.15, -0.1) is 42.0 Å². The molecule has 8 nitrogen and oxygen atoms in total. The first-order chi connectivity index (χ1) is 35.6. The first-order valence-corrected chi connectivity index (χ1v) is 24.0.